The normalized spacial score (nSPS) is 16.4. The Morgan fingerprint density at radius 1 is 1.56 bits per heavy atom. The molecule has 2 rings (SSSR count). The lowest BCUT2D eigenvalue weighted by atomic mass is 9.99. The van der Waals surface area contributed by atoms with Gasteiger partial charge in [0.15, 0.2) is 0 Å². The summed E-state index contributed by atoms with van der Waals surface area (Å²) in [4.78, 5) is 10.8. The van der Waals surface area contributed by atoms with Gasteiger partial charge in [0.1, 0.15) is 0 Å². The van der Waals surface area contributed by atoms with Crippen LogP contribution in [0.2, 0.25) is 5.02 Å². The topological polar surface area (TPSA) is 55.1 Å². The van der Waals surface area contributed by atoms with Crippen molar-refractivity contribution in [3.05, 3.63) is 34.3 Å². The number of hydrogen-bond donors (Lipinski definition) is 2. The number of nitrogens with two attached hydrogens (primary N) is 1. The molecule has 1 aliphatic rings. The van der Waals surface area contributed by atoms with E-state index in [-0.39, 0.29) is 11.9 Å². The first kappa shape index (κ1) is 13.4. The molecule has 0 aromatic heterocycles. The lowest BCUT2D eigenvalue weighted by Crippen LogP contribution is -2.22. The molecule has 1 atom stereocenters. The molecule has 1 amide bonds. The van der Waals surface area contributed by atoms with Gasteiger partial charge in [0.25, 0.3) is 0 Å². The Labute approximate surface area is 113 Å². The molecule has 0 heterocycles. The van der Waals surface area contributed by atoms with Crippen LogP contribution in [0, 0.1) is 5.92 Å². The van der Waals surface area contributed by atoms with Crippen molar-refractivity contribution in [2.24, 2.45) is 11.7 Å². The third-order valence-electron chi connectivity index (χ3n) is 3.34. The second-order valence-electron chi connectivity index (χ2n) is 4.95. The van der Waals surface area contributed by atoms with Crippen LogP contribution in [0.5, 0.6) is 0 Å². The molecule has 18 heavy (non-hydrogen) atoms. The van der Waals surface area contributed by atoms with E-state index in [2.05, 4.69) is 11.4 Å². The Balaban J connectivity index is 2.03. The first-order chi connectivity index (χ1) is 8.58. The maximum atomic E-state index is 10.8. The summed E-state index contributed by atoms with van der Waals surface area (Å²) < 4.78 is 0. The predicted octanol–water partition coefficient (Wildman–Crippen LogP) is 2.43. The molecule has 1 unspecified atom stereocenters. The largest absolute Gasteiger partial charge is 0.356 e. The second-order valence-corrected chi connectivity index (χ2v) is 5.36. The van der Waals surface area contributed by atoms with Crippen molar-refractivity contribution in [1.29, 1.82) is 0 Å². The van der Waals surface area contributed by atoms with Crippen LogP contribution >= 0.6 is 11.6 Å². The van der Waals surface area contributed by atoms with Crippen molar-refractivity contribution >= 4 is 17.5 Å². The first-order valence-corrected chi connectivity index (χ1v) is 6.74. The van der Waals surface area contributed by atoms with Gasteiger partial charge in [-0.2, -0.15) is 0 Å². The van der Waals surface area contributed by atoms with Crippen molar-refractivity contribution < 1.29 is 4.79 Å². The van der Waals surface area contributed by atoms with E-state index >= 15 is 0 Å². The minimum atomic E-state index is -0.00105. The maximum absolute atomic E-state index is 10.8. The fourth-order valence-electron chi connectivity index (χ4n) is 2.10. The number of halogens is 1. The van der Waals surface area contributed by atoms with Crippen LogP contribution in [0.15, 0.2) is 18.2 Å². The van der Waals surface area contributed by atoms with Gasteiger partial charge in [0, 0.05) is 24.5 Å². The highest BCUT2D eigenvalue weighted by atomic mass is 35.5. The highest BCUT2D eigenvalue weighted by molar-refractivity contribution is 6.31. The van der Waals surface area contributed by atoms with Crippen molar-refractivity contribution in [3.8, 4) is 0 Å². The molecule has 0 spiro atoms. The summed E-state index contributed by atoms with van der Waals surface area (Å²) in [5, 5.41) is 3.54. The Hall–Kier alpha value is -1.06. The quantitative estimate of drug-likeness (QED) is 0.860. The lowest BCUT2D eigenvalue weighted by molar-refractivity contribution is -0.118. The van der Waals surface area contributed by atoms with Gasteiger partial charge < -0.3 is 11.1 Å². The van der Waals surface area contributed by atoms with Crippen molar-refractivity contribution in [3.63, 3.8) is 0 Å². The van der Waals surface area contributed by atoms with E-state index in [9.17, 15) is 4.79 Å². The summed E-state index contributed by atoms with van der Waals surface area (Å²) in [7, 11) is 0. The molecular formula is C14H19ClN2O. The molecule has 0 saturated heterocycles. The number of hydrogen-bond acceptors (Lipinski definition) is 2. The first-order valence-electron chi connectivity index (χ1n) is 6.36. The highest BCUT2D eigenvalue weighted by Gasteiger charge is 2.30. The molecular weight excluding hydrogens is 248 g/mol. The van der Waals surface area contributed by atoms with E-state index in [1.165, 1.54) is 25.3 Å². The van der Waals surface area contributed by atoms with Crippen molar-refractivity contribution in [2.75, 3.05) is 6.54 Å². The number of carbonyl (C=O) groups is 1. The fraction of sp³-hybridized carbons (Fsp3) is 0.500. The molecule has 1 aromatic carbocycles. The molecule has 0 radical (unpaired) electrons. The number of benzene rings is 1. The van der Waals surface area contributed by atoms with Crippen LogP contribution in [0.3, 0.4) is 0 Å². The molecule has 4 heteroatoms. The fourth-order valence-corrected chi connectivity index (χ4v) is 2.34. The minimum absolute atomic E-state index is 0.00105. The van der Waals surface area contributed by atoms with Gasteiger partial charge in [-0.05, 0) is 42.4 Å². The zero-order valence-corrected chi connectivity index (χ0v) is 11.3. The van der Waals surface area contributed by atoms with E-state index in [0.717, 1.165) is 17.0 Å². The molecule has 0 bridgehead atoms. The standard InChI is InChI=1S/C14H19ClN2O/c1-9(18)17-7-6-10-2-5-13(15)12(8-10)14(16)11-3-4-11/h2,5,8,11,14H,3-4,6-7,16H2,1H3,(H,17,18). The molecule has 1 saturated carbocycles. The van der Waals surface area contributed by atoms with Crippen LogP contribution in [0.4, 0.5) is 0 Å². The molecule has 3 N–H and O–H groups in total. The Bertz CT molecular complexity index is 443. The van der Waals surface area contributed by atoms with Gasteiger partial charge in [-0.3, -0.25) is 4.79 Å². The number of rotatable bonds is 5. The molecule has 1 aromatic rings. The predicted molar refractivity (Wildman–Crippen MR) is 73.5 cm³/mol. The average Bonchev–Trinajstić information content (AvgIpc) is 3.14. The summed E-state index contributed by atoms with van der Waals surface area (Å²) in [6, 6.07) is 6.03. The molecule has 0 aliphatic heterocycles. The molecule has 98 valence electrons. The van der Waals surface area contributed by atoms with Gasteiger partial charge in [-0.1, -0.05) is 23.7 Å². The zero-order chi connectivity index (χ0) is 13.1. The molecule has 1 fully saturated rings. The van der Waals surface area contributed by atoms with E-state index in [4.69, 9.17) is 17.3 Å². The van der Waals surface area contributed by atoms with Gasteiger partial charge in [0.05, 0.1) is 0 Å². The number of nitrogens with one attached hydrogen (secondary N) is 1. The van der Waals surface area contributed by atoms with Crippen molar-refractivity contribution in [2.45, 2.75) is 32.2 Å². The van der Waals surface area contributed by atoms with Gasteiger partial charge in [-0.25, -0.2) is 0 Å². The third-order valence-corrected chi connectivity index (χ3v) is 3.68. The van der Waals surface area contributed by atoms with E-state index < -0.39 is 0 Å². The third kappa shape index (κ3) is 3.47. The summed E-state index contributed by atoms with van der Waals surface area (Å²) in [6.45, 7) is 2.17. The second kappa shape index (κ2) is 5.72. The van der Waals surface area contributed by atoms with Crippen LogP contribution < -0.4 is 11.1 Å². The Kier molecular flexibility index (Phi) is 4.25. The van der Waals surface area contributed by atoms with Crippen LogP contribution in [0.25, 0.3) is 0 Å². The Morgan fingerprint density at radius 2 is 2.28 bits per heavy atom. The Morgan fingerprint density at radius 3 is 2.89 bits per heavy atom. The highest BCUT2D eigenvalue weighted by Crippen LogP contribution is 2.41. The SMILES string of the molecule is CC(=O)NCCc1ccc(Cl)c(C(N)C2CC2)c1. The van der Waals surface area contributed by atoms with Crippen molar-refractivity contribution in [1.82, 2.24) is 5.32 Å². The molecule has 3 nitrogen and oxygen atoms in total. The summed E-state index contributed by atoms with van der Waals surface area (Å²) in [6.07, 6.45) is 3.21. The minimum Gasteiger partial charge on any atom is -0.356 e. The summed E-state index contributed by atoms with van der Waals surface area (Å²) >= 11 is 6.20. The average molecular weight is 267 g/mol. The maximum Gasteiger partial charge on any atom is 0.216 e. The van der Waals surface area contributed by atoms with E-state index in [1.54, 1.807) is 0 Å². The van der Waals surface area contributed by atoms with Crippen LogP contribution in [0.1, 0.15) is 36.9 Å². The zero-order valence-electron chi connectivity index (χ0n) is 10.6. The summed E-state index contributed by atoms with van der Waals surface area (Å²) in [5.74, 6) is 0.590. The lowest BCUT2D eigenvalue weighted by Gasteiger charge is -2.14. The van der Waals surface area contributed by atoms with Gasteiger partial charge >= 0.3 is 0 Å². The van der Waals surface area contributed by atoms with E-state index in [0.29, 0.717) is 12.5 Å². The van der Waals surface area contributed by atoms with Gasteiger partial charge in [0.2, 0.25) is 5.91 Å². The molecule has 1 aliphatic carbocycles. The van der Waals surface area contributed by atoms with E-state index in [1.807, 2.05) is 12.1 Å². The van der Waals surface area contributed by atoms with Crippen LogP contribution in [-0.2, 0) is 11.2 Å². The summed E-state index contributed by atoms with van der Waals surface area (Å²) in [5.41, 5.74) is 8.40. The smallest absolute Gasteiger partial charge is 0.216 e. The number of carbonyl (C=O) groups excluding carboxylic acids is 1. The number of amides is 1. The van der Waals surface area contributed by atoms with Gasteiger partial charge in [-0.15, -0.1) is 0 Å². The monoisotopic (exact) mass is 266 g/mol. The van der Waals surface area contributed by atoms with Crippen LogP contribution in [-0.4, -0.2) is 12.5 Å².